The fraction of sp³-hybridized carbons (Fsp3) is 0.375. The van der Waals surface area contributed by atoms with E-state index in [2.05, 4.69) is 17.1 Å². The van der Waals surface area contributed by atoms with Crippen LogP contribution in [-0.2, 0) is 17.8 Å². The molecule has 0 bridgehead atoms. The van der Waals surface area contributed by atoms with Crippen molar-refractivity contribution < 1.29 is 9.53 Å². The van der Waals surface area contributed by atoms with Crippen LogP contribution in [0.3, 0.4) is 0 Å². The molecule has 162 valence electrons. The van der Waals surface area contributed by atoms with Gasteiger partial charge in [0.05, 0.1) is 18.0 Å². The van der Waals surface area contributed by atoms with Crippen LogP contribution in [0.5, 0.6) is 5.75 Å². The van der Waals surface area contributed by atoms with Crippen molar-refractivity contribution in [3.63, 3.8) is 0 Å². The first-order valence-corrected chi connectivity index (χ1v) is 10.7. The minimum absolute atomic E-state index is 0.184. The standard InChI is InChI=1S/C24H27N3O4/c1-31-19-10-8-17(9-11-19)6-7-18-12-14-26(15-13-18)22(28)16-27-23(29)20-4-2-3-5-21(20)25-24(27)30/h2-5,8-11,18H,6-7,12-16H2,1H3,(H,25,30). The number of aromatic amines is 1. The third kappa shape index (κ3) is 4.71. The summed E-state index contributed by atoms with van der Waals surface area (Å²) in [5.41, 5.74) is 0.793. The Morgan fingerprint density at radius 3 is 2.48 bits per heavy atom. The van der Waals surface area contributed by atoms with Gasteiger partial charge in [-0.05, 0) is 61.4 Å². The molecule has 3 aromatic rings. The number of aryl methyl sites for hydroxylation is 1. The van der Waals surface area contributed by atoms with Crippen molar-refractivity contribution in [1.82, 2.24) is 14.5 Å². The molecular formula is C24H27N3O4. The second-order valence-corrected chi connectivity index (χ2v) is 8.08. The maximum atomic E-state index is 12.8. The summed E-state index contributed by atoms with van der Waals surface area (Å²) in [5, 5.41) is 0.409. The molecule has 1 aliphatic rings. The Labute approximate surface area is 180 Å². The van der Waals surface area contributed by atoms with Gasteiger partial charge >= 0.3 is 5.69 Å². The number of ether oxygens (including phenoxy) is 1. The zero-order valence-corrected chi connectivity index (χ0v) is 17.7. The fourth-order valence-electron chi connectivity index (χ4n) is 4.21. The molecule has 1 fully saturated rings. The number of amides is 1. The second kappa shape index (κ2) is 9.20. The summed E-state index contributed by atoms with van der Waals surface area (Å²) in [6.45, 7) is 1.09. The number of rotatable bonds is 6. The number of hydrogen-bond donors (Lipinski definition) is 1. The summed E-state index contributed by atoms with van der Waals surface area (Å²) in [5.74, 6) is 1.24. The molecule has 0 atom stereocenters. The zero-order chi connectivity index (χ0) is 21.8. The van der Waals surface area contributed by atoms with Crippen LogP contribution in [-0.4, -0.2) is 40.6 Å². The third-order valence-electron chi connectivity index (χ3n) is 6.15. The lowest BCUT2D eigenvalue weighted by Crippen LogP contribution is -2.45. The van der Waals surface area contributed by atoms with Gasteiger partial charge in [0, 0.05) is 13.1 Å². The smallest absolute Gasteiger partial charge is 0.329 e. The lowest BCUT2D eigenvalue weighted by atomic mass is 9.90. The van der Waals surface area contributed by atoms with Crippen molar-refractivity contribution >= 4 is 16.8 Å². The number of likely N-dealkylation sites (tertiary alicyclic amines) is 1. The Bertz CT molecular complexity index is 1170. The Balaban J connectivity index is 1.33. The van der Waals surface area contributed by atoms with Gasteiger partial charge in [0.15, 0.2) is 0 Å². The molecule has 7 heteroatoms. The van der Waals surface area contributed by atoms with Crippen LogP contribution in [0.2, 0.25) is 0 Å². The lowest BCUT2D eigenvalue weighted by molar-refractivity contribution is -0.133. The molecule has 0 saturated carbocycles. The Morgan fingerprint density at radius 1 is 1.06 bits per heavy atom. The first-order chi connectivity index (χ1) is 15.0. The molecular weight excluding hydrogens is 394 g/mol. The number of hydrogen-bond acceptors (Lipinski definition) is 4. The number of nitrogens with one attached hydrogen (secondary N) is 1. The van der Waals surface area contributed by atoms with E-state index < -0.39 is 11.2 Å². The number of para-hydroxylation sites is 1. The summed E-state index contributed by atoms with van der Waals surface area (Å²) < 4.78 is 6.20. The maximum Gasteiger partial charge on any atom is 0.329 e. The first kappa shape index (κ1) is 20.9. The Kier molecular flexibility index (Phi) is 6.21. The summed E-state index contributed by atoms with van der Waals surface area (Å²) in [7, 11) is 1.66. The predicted molar refractivity (Wildman–Crippen MR) is 119 cm³/mol. The van der Waals surface area contributed by atoms with Crippen LogP contribution in [0.1, 0.15) is 24.8 Å². The molecule has 1 amide bonds. The van der Waals surface area contributed by atoms with Gasteiger partial charge in [-0.2, -0.15) is 0 Å². The van der Waals surface area contributed by atoms with Gasteiger partial charge < -0.3 is 14.6 Å². The van der Waals surface area contributed by atoms with Crippen molar-refractivity contribution in [2.45, 2.75) is 32.2 Å². The molecule has 2 heterocycles. The predicted octanol–water partition coefficient (Wildman–Crippen LogP) is 2.57. The molecule has 0 radical (unpaired) electrons. The van der Waals surface area contributed by atoms with Gasteiger partial charge in [0.2, 0.25) is 5.91 Å². The van der Waals surface area contributed by atoms with Crippen LogP contribution >= 0.6 is 0 Å². The summed E-state index contributed by atoms with van der Waals surface area (Å²) in [4.78, 5) is 42.2. The lowest BCUT2D eigenvalue weighted by Gasteiger charge is -2.32. The molecule has 1 aromatic heterocycles. The molecule has 0 spiro atoms. The van der Waals surface area contributed by atoms with Crippen molar-refractivity contribution in [1.29, 1.82) is 0 Å². The minimum atomic E-state index is -0.550. The van der Waals surface area contributed by atoms with Gasteiger partial charge in [-0.25, -0.2) is 4.79 Å². The highest BCUT2D eigenvalue weighted by Crippen LogP contribution is 2.23. The number of H-pyrrole nitrogens is 1. The molecule has 31 heavy (non-hydrogen) atoms. The van der Waals surface area contributed by atoms with Gasteiger partial charge in [0.25, 0.3) is 5.56 Å². The number of methoxy groups -OCH3 is 1. The van der Waals surface area contributed by atoms with Crippen LogP contribution in [0.25, 0.3) is 10.9 Å². The average molecular weight is 421 g/mol. The maximum absolute atomic E-state index is 12.8. The first-order valence-electron chi connectivity index (χ1n) is 10.7. The molecule has 1 N–H and O–H groups in total. The van der Waals surface area contributed by atoms with E-state index >= 15 is 0 Å². The number of carbonyl (C=O) groups is 1. The molecule has 1 saturated heterocycles. The monoisotopic (exact) mass is 421 g/mol. The summed E-state index contributed by atoms with van der Waals surface area (Å²) in [6, 6.07) is 15.0. The van der Waals surface area contributed by atoms with Crippen LogP contribution in [0, 0.1) is 5.92 Å². The molecule has 2 aromatic carbocycles. The Morgan fingerprint density at radius 2 is 1.77 bits per heavy atom. The highest BCUT2D eigenvalue weighted by molar-refractivity contribution is 5.79. The van der Waals surface area contributed by atoms with E-state index in [4.69, 9.17) is 4.74 Å². The molecule has 0 aliphatic carbocycles. The highest BCUT2D eigenvalue weighted by atomic mass is 16.5. The third-order valence-corrected chi connectivity index (χ3v) is 6.15. The number of aromatic nitrogens is 2. The second-order valence-electron chi connectivity index (χ2n) is 8.08. The SMILES string of the molecule is COc1ccc(CCC2CCN(C(=O)Cn3c(=O)[nH]c4ccccc4c3=O)CC2)cc1. The number of carbonyl (C=O) groups excluding carboxylic acids is 1. The van der Waals surface area contributed by atoms with E-state index in [1.807, 2.05) is 12.1 Å². The quantitative estimate of drug-likeness (QED) is 0.663. The highest BCUT2D eigenvalue weighted by Gasteiger charge is 2.23. The van der Waals surface area contributed by atoms with Crippen LogP contribution in [0.15, 0.2) is 58.1 Å². The molecule has 7 nitrogen and oxygen atoms in total. The summed E-state index contributed by atoms with van der Waals surface area (Å²) >= 11 is 0. The van der Waals surface area contributed by atoms with Crippen molar-refractivity contribution in [3.05, 3.63) is 74.9 Å². The van der Waals surface area contributed by atoms with E-state index in [0.717, 1.165) is 36.0 Å². The van der Waals surface area contributed by atoms with E-state index in [1.54, 1.807) is 36.3 Å². The van der Waals surface area contributed by atoms with Gasteiger partial charge in [0.1, 0.15) is 12.3 Å². The van der Waals surface area contributed by atoms with Crippen LogP contribution in [0.4, 0.5) is 0 Å². The number of piperidine rings is 1. The Hall–Kier alpha value is -3.35. The van der Waals surface area contributed by atoms with E-state index in [0.29, 0.717) is 29.9 Å². The van der Waals surface area contributed by atoms with E-state index in [9.17, 15) is 14.4 Å². The fourth-order valence-corrected chi connectivity index (χ4v) is 4.21. The van der Waals surface area contributed by atoms with Gasteiger partial charge in [-0.3, -0.25) is 14.2 Å². The molecule has 4 rings (SSSR count). The van der Waals surface area contributed by atoms with E-state index in [1.165, 1.54) is 5.56 Å². The van der Waals surface area contributed by atoms with Crippen molar-refractivity contribution in [3.8, 4) is 5.75 Å². The van der Waals surface area contributed by atoms with Gasteiger partial charge in [-0.15, -0.1) is 0 Å². The zero-order valence-electron chi connectivity index (χ0n) is 17.7. The van der Waals surface area contributed by atoms with Crippen molar-refractivity contribution in [2.24, 2.45) is 5.92 Å². The minimum Gasteiger partial charge on any atom is -0.497 e. The number of nitrogens with zero attached hydrogens (tertiary/aromatic N) is 2. The average Bonchev–Trinajstić information content (AvgIpc) is 2.81. The van der Waals surface area contributed by atoms with Gasteiger partial charge in [-0.1, -0.05) is 24.3 Å². The molecule has 1 aliphatic heterocycles. The number of benzene rings is 2. The summed E-state index contributed by atoms with van der Waals surface area (Å²) in [6.07, 6.45) is 3.96. The largest absolute Gasteiger partial charge is 0.497 e. The normalized spacial score (nSPS) is 14.7. The van der Waals surface area contributed by atoms with Crippen molar-refractivity contribution in [2.75, 3.05) is 20.2 Å². The number of fused-ring (bicyclic) bond motifs is 1. The van der Waals surface area contributed by atoms with E-state index in [-0.39, 0.29) is 12.5 Å². The topological polar surface area (TPSA) is 84.4 Å². The molecule has 0 unspecified atom stereocenters. The van der Waals surface area contributed by atoms with Crippen LogP contribution < -0.4 is 16.0 Å².